The molecular weight excluding hydrogens is 471 g/mol. The molecule has 0 radical (unpaired) electrons. The number of nitrogens with one attached hydrogen (secondary N) is 1. The monoisotopic (exact) mass is 494 g/mol. The third kappa shape index (κ3) is 5.54. The molecule has 1 aliphatic rings. The maximum Gasteiger partial charge on any atom is 0.373 e. The van der Waals surface area contributed by atoms with Gasteiger partial charge in [0.25, 0.3) is 5.91 Å². The molecule has 0 aliphatic carbocycles. The van der Waals surface area contributed by atoms with Crippen LogP contribution >= 0.6 is 0 Å². The SMILES string of the molecule is CCOc1cc(C=C2NC(=O)N(Cc3ccc(C(=O)OC)o3)C2=O)ccc1OCc1ccc(F)cc1. The van der Waals surface area contributed by atoms with Crippen molar-refractivity contribution < 1.29 is 37.4 Å². The van der Waals surface area contributed by atoms with Gasteiger partial charge in [-0.05, 0) is 60.5 Å². The van der Waals surface area contributed by atoms with E-state index in [2.05, 4.69) is 10.1 Å². The predicted octanol–water partition coefficient (Wildman–Crippen LogP) is 4.28. The van der Waals surface area contributed by atoms with Gasteiger partial charge in [-0.3, -0.25) is 9.69 Å². The highest BCUT2D eigenvalue weighted by molar-refractivity contribution is 6.13. The zero-order valence-corrected chi connectivity index (χ0v) is 19.6. The molecule has 0 spiro atoms. The van der Waals surface area contributed by atoms with Gasteiger partial charge in [0.05, 0.1) is 20.3 Å². The fourth-order valence-corrected chi connectivity index (χ4v) is 3.45. The van der Waals surface area contributed by atoms with Gasteiger partial charge >= 0.3 is 12.0 Å². The molecular formula is C26H23FN2O7. The number of imide groups is 1. The number of ether oxygens (including phenoxy) is 3. The number of urea groups is 1. The summed E-state index contributed by atoms with van der Waals surface area (Å²) < 4.78 is 34.6. The van der Waals surface area contributed by atoms with Gasteiger partial charge in [-0.25, -0.2) is 14.0 Å². The second kappa shape index (κ2) is 10.8. The minimum absolute atomic E-state index is 0.0273. The number of hydrogen-bond donors (Lipinski definition) is 1. The van der Waals surface area contributed by atoms with Crippen molar-refractivity contribution in [1.29, 1.82) is 0 Å². The number of esters is 1. The fourth-order valence-electron chi connectivity index (χ4n) is 3.45. The van der Waals surface area contributed by atoms with Gasteiger partial charge in [0.2, 0.25) is 5.76 Å². The Morgan fingerprint density at radius 3 is 2.56 bits per heavy atom. The highest BCUT2D eigenvalue weighted by Gasteiger charge is 2.34. The van der Waals surface area contributed by atoms with E-state index in [0.717, 1.165) is 10.5 Å². The van der Waals surface area contributed by atoms with E-state index in [0.29, 0.717) is 23.7 Å². The minimum atomic E-state index is -0.658. The molecule has 3 aromatic rings. The topological polar surface area (TPSA) is 107 Å². The zero-order chi connectivity index (χ0) is 25.7. The molecule has 1 fully saturated rings. The lowest BCUT2D eigenvalue weighted by Gasteiger charge is -2.13. The first-order chi connectivity index (χ1) is 17.4. The summed E-state index contributed by atoms with van der Waals surface area (Å²) >= 11 is 0. The Morgan fingerprint density at radius 1 is 1.06 bits per heavy atom. The Hall–Kier alpha value is -4.60. The number of carbonyl (C=O) groups excluding carboxylic acids is 3. The van der Waals surface area contributed by atoms with E-state index in [1.54, 1.807) is 30.3 Å². The maximum atomic E-state index is 13.1. The van der Waals surface area contributed by atoms with Crippen molar-refractivity contribution in [3.05, 3.63) is 88.8 Å². The van der Waals surface area contributed by atoms with Crippen LogP contribution in [0.3, 0.4) is 0 Å². The molecule has 1 saturated heterocycles. The number of benzene rings is 2. The number of methoxy groups -OCH3 is 1. The number of nitrogens with zero attached hydrogens (tertiary/aromatic N) is 1. The van der Waals surface area contributed by atoms with Crippen molar-refractivity contribution in [3.63, 3.8) is 0 Å². The Labute approximate surface area is 206 Å². The normalized spacial score (nSPS) is 14.2. The Bertz CT molecular complexity index is 1310. The van der Waals surface area contributed by atoms with Crippen molar-refractivity contribution in [2.75, 3.05) is 13.7 Å². The van der Waals surface area contributed by atoms with Crippen LogP contribution < -0.4 is 14.8 Å². The van der Waals surface area contributed by atoms with Crippen LogP contribution in [-0.4, -0.2) is 36.5 Å². The lowest BCUT2D eigenvalue weighted by Crippen LogP contribution is -2.30. The number of amides is 3. The number of hydrogen-bond acceptors (Lipinski definition) is 7. The van der Waals surface area contributed by atoms with Crippen LogP contribution in [0.5, 0.6) is 11.5 Å². The van der Waals surface area contributed by atoms with Crippen LogP contribution in [0.2, 0.25) is 0 Å². The smallest absolute Gasteiger partial charge is 0.373 e. The van der Waals surface area contributed by atoms with Crippen LogP contribution in [0, 0.1) is 5.82 Å². The summed E-state index contributed by atoms with van der Waals surface area (Å²) in [6.45, 7) is 2.27. The van der Waals surface area contributed by atoms with Crippen molar-refractivity contribution in [2.45, 2.75) is 20.1 Å². The fraction of sp³-hybridized carbons (Fsp3) is 0.192. The molecule has 10 heteroatoms. The Kier molecular flexibility index (Phi) is 7.33. The molecule has 4 rings (SSSR count). The molecule has 0 saturated carbocycles. The molecule has 1 aromatic heterocycles. The zero-order valence-electron chi connectivity index (χ0n) is 19.6. The molecule has 186 valence electrons. The quantitative estimate of drug-likeness (QED) is 0.269. The standard InChI is InChI=1S/C26H23FN2O7/c1-3-34-23-13-17(6-10-21(23)35-15-16-4-7-18(27)8-5-16)12-20-24(30)29(26(32)28-20)14-19-9-11-22(36-19)25(31)33-2/h4-13H,3,14-15H2,1-2H3,(H,28,32). The van der Waals surface area contributed by atoms with Gasteiger partial charge in [-0.1, -0.05) is 18.2 Å². The number of furan rings is 1. The van der Waals surface area contributed by atoms with Crippen LogP contribution in [0.1, 0.15) is 34.4 Å². The van der Waals surface area contributed by atoms with Gasteiger partial charge in [-0.2, -0.15) is 0 Å². The van der Waals surface area contributed by atoms with Crippen molar-refractivity contribution in [2.24, 2.45) is 0 Å². The van der Waals surface area contributed by atoms with E-state index in [4.69, 9.17) is 13.9 Å². The van der Waals surface area contributed by atoms with E-state index < -0.39 is 17.9 Å². The summed E-state index contributed by atoms with van der Waals surface area (Å²) in [6, 6.07) is 13.4. The van der Waals surface area contributed by atoms with E-state index in [-0.39, 0.29) is 36.2 Å². The summed E-state index contributed by atoms with van der Waals surface area (Å²) in [5.41, 5.74) is 1.46. The minimum Gasteiger partial charge on any atom is -0.490 e. The Balaban J connectivity index is 1.48. The van der Waals surface area contributed by atoms with Gasteiger partial charge in [-0.15, -0.1) is 0 Å². The average molecular weight is 494 g/mol. The molecule has 0 atom stereocenters. The summed E-state index contributed by atoms with van der Waals surface area (Å²) in [4.78, 5) is 37.8. The van der Waals surface area contributed by atoms with E-state index in [1.807, 2.05) is 6.92 Å². The largest absolute Gasteiger partial charge is 0.490 e. The van der Waals surface area contributed by atoms with E-state index >= 15 is 0 Å². The molecule has 9 nitrogen and oxygen atoms in total. The molecule has 0 unspecified atom stereocenters. The first-order valence-corrected chi connectivity index (χ1v) is 11.0. The van der Waals surface area contributed by atoms with Gasteiger partial charge in [0.15, 0.2) is 11.5 Å². The van der Waals surface area contributed by atoms with Crippen molar-refractivity contribution in [1.82, 2.24) is 10.2 Å². The van der Waals surface area contributed by atoms with Gasteiger partial charge in [0.1, 0.15) is 23.9 Å². The summed E-state index contributed by atoms with van der Waals surface area (Å²) in [5.74, 6) is -0.380. The average Bonchev–Trinajstić information content (AvgIpc) is 3.45. The summed E-state index contributed by atoms with van der Waals surface area (Å²) in [7, 11) is 1.22. The molecule has 0 bridgehead atoms. The first-order valence-electron chi connectivity index (χ1n) is 11.0. The number of halogens is 1. The lowest BCUT2D eigenvalue weighted by atomic mass is 10.1. The van der Waals surface area contributed by atoms with Crippen LogP contribution in [0.25, 0.3) is 6.08 Å². The van der Waals surface area contributed by atoms with Crippen LogP contribution in [0.15, 0.2) is 64.7 Å². The predicted molar refractivity (Wildman–Crippen MR) is 125 cm³/mol. The molecule has 1 aliphatic heterocycles. The third-order valence-electron chi connectivity index (χ3n) is 5.21. The summed E-state index contributed by atoms with van der Waals surface area (Å²) in [5, 5.41) is 2.54. The highest BCUT2D eigenvalue weighted by Crippen LogP contribution is 2.30. The molecule has 2 aromatic carbocycles. The molecule has 2 heterocycles. The second-order valence-electron chi connectivity index (χ2n) is 7.69. The summed E-state index contributed by atoms with van der Waals surface area (Å²) in [6.07, 6.45) is 1.52. The van der Waals surface area contributed by atoms with Crippen LogP contribution in [-0.2, 0) is 22.7 Å². The number of rotatable bonds is 9. The highest BCUT2D eigenvalue weighted by atomic mass is 19.1. The maximum absolute atomic E-state index is 13.1. The first kappa shape index (κ1) is 24.5. The lowest BCUT2D eigenvalue weighted by molar-refractivity contribution is -0.123. The number of carbonyl (C=O) groups is 3. The van der Waals surface area contributed by atoms with Gasteiger partial charge in [0, 0.05) is 0 Å². The van der Waals surface area contributed by atoms with E-state index in [9.17, 15) is 18.8 Å². The second-order valence-corrected chi connectivity index (χ2v) is 7.69. The molecule has 3 amide bonds. The van der Waals surface area contributed by atoms with Crippen molar-refractivity contribution >= 4 is 24.0 Å². The molecule has 36 heavy (non-hydrogen) atoms. The van der Waals surface area contributed by atoms with Crippen LogP contribution in [0.4, 0.5) is 9.18 Å². The van der Waals surface area contributed by atoms with Gasteiger partial charge < -0.3 is 23.9 Å². The third-order valence-corrected chi connectivity index (χ3v) is 5.21. The van der Waals surface area contributed by atoms with E-state index in [1.165, 1.54) is 37.5 Å². The molecule has 1 N–H and O–H groups in total. The Morgan fingerprint density at radius 2 is 1.83 bits per heavy atom. The van der Waals surface area contributed by atoms with Crippen molar-refractivity contribution in [3.8, 4) is 11.5 Å².